The lowest BCUT2D eigenvalue weighted by atomic mass is 10.1. The predicted molar refractivity (Wildman–Crippen MR) is 98.3 cm³/mol. The number of allylic oxidation sites excluding steroid dienone is 1. The molecule has 128 valence electrons. The van der Waals surface area contributed by atoms with Crippen molar-refractivity contribution in [3.63, 3.8) is 0 Å². The van der Waals surface area contributed by atoms with Crippen molar-refractivity contribution in [3.8, 4) is 0 Å². The zero-order chi connectivity index (χ0) is 16.0. The van der Waals surface area contributed by atoms with E-state index in [2.05, 4.69) is 29.0 Å². The Balaban J connectivity index is 1.92. The van der Waals surface area contributed by atoms with E-state index in [4.69, 9.17) is 5.73 Å². The van der Waals surface area contributed by atoms with E-state index < -0.39 is 0 Å². The van der Waals surface area contributed by atoms with Crippen LogP contribution in [-0.2, 0) is 0 Å². The van der Waals surface area contributed by atoms with Gasteiger partial charge in [-0.15, -0.1) is 0 Å². The van der Waals surface area contributed by atoms with Crippen LogP contribution in [0.4, 0.5) is 0 Å². The first-order valence-corrected chi connectivity index (χ1v) is 9.49. The van der Waals surface area contributed by atoms with Crippen LogP contribution in [0.2, 0.25) is 0 Å². The SMILES string of the molecule is CCCCCCCCCCCC/C=C/C1=NCCN1C(C)N. The van der Waals surface area contributed by atoms with Gasteiger partial charge in [0, 0.05) is 6.54 Å². The van der Waals surface area contributed by atoms with Crippen LogP contribution in [0.5, 0.6) is 0 Å². The Kier molecular flexibility index (Phi) is 11.1. The molecule has 0 saturated heterocycles. The van der Waals surface area contributed by atoms with Crippen LogP contribution in [0.25, 0.3) is 0 Å². The van der Waals surface area contributed by atoms with Gasteiger partial charge in [0.15, 0.2) is 0 Å². The zero-order valence-electron chi connectivity index (χ0n) is 14.9. The highest BCUT2D eigenvalue weighted by Crippen LogP contribution is 2.12. The maximum atomic E-state index is 5.94. The third kappa shape index (κ3) is 8.57. The number of nitrogens with two attached hydrogens (primary N) is 1. The molecule has 1 unspecified atom stereocenters. The van der Waals surface area contributed by atoms with Gasteiger partial charge in [0.05, 0.1) is 12.7 Å². The molecule has 0 aromatic heterocycles. The second-order valence-corrected chi connectivity index (χ2v) is 6.55. The van der Waals surface area contributed by atoms with E-state index in [0.717, 1.165) is 18.9 Å². The Labute approximate surface area is 138 Å². The molecule has 0 spiro atoms. The van der Waals surface area contributed by atoms with Crippen molar-refractivity contribution in [2.24, 2.45) is 10.7 Å². The molecule has 0 fully saturated rings. The molecular formula is C19H37N3. The van der Waals surface area contributed by atoms with E-state index >= 15 is 0 Å². The van der Waals surface area contributed by atoms with Crippen LogP contribution < -0.4 is 5.73 Å². The van der Waals surface area contributed by atoms with Crippen LogP contribution in [-0.4, -0.2) is 30.0 Å². The van der Waals surface area contributed by atoms with Crippen LogP contribution >= 0.6 is 0 Å². The fourth-order valence-corrected chi connectivity index (χ4v) is 2.98. The average Bonchev–Trinajstić information content (AvgIpc) is 2.97. The summed E-state index contributed by atoms with van der Waals surface area (Å²) in [5.41, 5.74) is 5.94. The molecule has 1 aliphatic rings. The Morgan fingerprint density at radius 2 is 1.64 bits per heavy atom. The zero-order valence-corrected chi connectivity index (χ0v) is 14.9. The quantitative estimate of drug-likeness (QED) is 0.493. The lowest BCUT2D eigenvalue weighted by Crippen LogP contribution is -2.41. The van der Waals surface area contributed by atoms with E-state index in [-0.39, 0.29) is 6.17 Å². The molecule has 22 heavy (non-hydrogen) atoms. The number of rotatable bonds is 13. The van der Waals surface area contributed by atoms with Crippen molar-refractivity contribution in [2.45, 2.75) is 90.6 Å². The van der Waals surface area contributed by atoms with Gasteiger partial charge in [-0.2, -0.15) is 0 Å². The van der Waals surface area contributed by atoms with E-state index in [1.807, 2.05) is 6.92 Å². The summed E-state index contributed by atoms with van der Waals surface area (Å²) < 4.78 is 0. The smallest absolute Gasteiger partial charge is 0.124 e. The minimum absolute atomic E-state index is 0.0724. The fourth-order valence-electron chi connectivity index (χ4n) is 2.98. The first-order valence-electron chi connectivity index (χ1n) is 9.49. The van der Waals surface area contributed by atoms with Gasteiger partial charge in [-0.05, 0) is 25.8 Å². The summed E-state index contributed by atoms with van der Waals surface area (Å²) >= 11 is 0. The molecule has 0 saturated carbocycles. The standard InChI is InChI=1S/C19H37N3/c1-3-4-5-6-7-8-9-10-11-12-13-14-15-19-21-16-17-22(19)18(2)20/h14-15,18H,3-13,16-17,20H2,1-2H3/b15-14+. The number of hydrogen-bond donors (Lipinski definition) is 1. The molecule has 0 amide bonds. The van der Waals surface area contributed by atoms with Gasteiger partial charge >= 0.3 is 0 Å². The monoisotopic (exact) mass is 307 g/mol. The Hall–Kier alpha value is -0.830. The van der Waals surface area contributed by atoms with Gasteiger partial charge in [-0.25, -0.2) is 0 Å². The topological polar surface area (TPSA) is 41.6 Å². The molecular weight excluding hydrogens is 270 g/mol. The van der Waals surface area contributed by atoms with Gasteiger partial charge in [0.25, 0.3) is 0 Å². The van der Waals surface area contributed by atoms with Gasteiger partial charge in [0.1, 0.15) is 5.84 Å². The minimum atomic E-state index is 0.0724. The molecule has 1 heterocycles. The van der Waals surface area contributed by atoms with Crippen molar-refractivity contribution < 1.29 is 0 Å². The minimum Gasteiger partial charge on any atom is -0.340 e. The second-order valence-electron chi connectivity index (χ2n) is 6.55. The Bertz CT molecular complexity index is 321. The largest absolute Gasteiger partial charge is 0.340 e. The van der Waals surface area contributed by atoms with Crippen molar-refractivity contribution in [3.05, 3.63) is 12.2 Å². The third-order valence-corrected chi connectivity index (χ3v) is 4.39. The summed E-state index contributed by atoms with van der Waals surface area (Å²) in [6.45, 7) is 6.16. The predicted octanol–water partition coefficient (Wildman–Crippen LogP) is 4.87. The summed E-state index contributed by atoms with van der Waals surface area (Å²) in [4.78, 5) is 6.68. The number of nitrogens with zero attached hydrogens (tertiary/aromatic N) is 2. The van der Waals surface area contributed by atoms with Crippen molar-refractivity contribution in [2.75, 3.05) is 13.1 Å². The maximum Gasteiger partial charge on any atom is 0.124 e. The molecule has 1 rings (SSSR count). The number of aliphatic imine (C=N–C) groups is 1. The molecule has 0 aliphatic carbocycles. The van der Waals surface area contributed by atoms with Crippen LogP contribution in [0.3, 0.4) is 0 Å². The van der Waals surface area contributed by atoms with Crippen molar-refractivity contribution in [1.29, 1.82) is 0 Å². The normalized spacial score (nSPS) is 16.5. The molecule has 1 atom stereocenters. The lowest BCUT2D eigenvalue weighted by Gasteiger charge is -2.22. The second kappa shape index (κ2) is 12.7. The van der Waals surface area contributed by atoms with Crippen LogP contribution in [0.1, 0.15) is 84.5 Å². The first kappa shape index (κ1) is 19.2. The highest BCUT2D eigenvalue weighted by molar-refractivity contribution is 5.94. The van der Waals surface area contributed by atoms with E-state index in [0.29, 0.717) is 0 Å². The molecule has 0 aromatic rings. The first-order chi connectivity index (χ1) is 10.8. The molecule has 3 nitrogen and oxygen atoms in total. The van der Waals surface area contributed by atoms with Gasteiger partial charge in [-0.3, -0.25) is 4.99 Å². The van der Waals surface area contributed by atoms with Crippen molar-refractivity contribution >= 4 is 5.84 Å². The Morgan fingerprint density at radius 1 is 1.05 bits per heavy atom. The molecule has 3 heteroatoms. The number of amidine groups is 1. The summed E-state index contributed by atoms with van der Waals surface area (Å²) in [6.07, 6.45) is 19.7. The lowest BCUT2D eigenvalue weighted by molar-refractivity contribution is 0.367. The van der Waals surface area contributed by atoms with Crippen molar-refractivity contribution in [1.82, 2.24) is 4.90 Å². The maximum absolute atomic E-state index is 5.94. The third-order valence-electron chi connectivity index (χ3n) is 4.39. The molecule has 2 N–H and O–H groups in total. The molecule has 0 bridgehead atoms. The number of unbranched alkanes of at least 4 members (excludes halogenated alkanes) is 10. The summed E-state index contributed by atoms with van der Waals surface area (Å²) in [6, 6.07) is 0. The van der Waals surface area contributed by atoms with Crippen LogP contribution in [0, 0.1) is 0 Å². The van der Waals surface area contributed by atoms with Gasteiger partial charge < -0.3 is 10.6 Å². The fraction of sp³-hybridized carbons (Fsp3) is 0.842. The Morgan fingerprint density at radius 3 is 2.23 bits per heavy atom. The van der Waals surface area contributed by atoms with Gasteiger partial charge in [0.2, 0.25) is 0 Å². The molecule has 0 radical (unpaired) electrons. The molecule has 1 aliphatic heterocycles. The van der Waals surface area contributed by atoms with Gasteiger partial charge in [-0.1, -0.05) is 70.8 Å². The highest BCUT2D eigenvalue weighted by Gasteiger charge is 2.16. The van der Waals surface area contributed by atoms with E-state index in [1.54, 1.807) is 0 Å². The molecule has 0 aromatic carbocycles. The van der Waals surface area contributed by atoms with Crippen LogP contribution in [0.15, 0.2) is 17.1 Å². The summed E-state index contributed by atoms with van der Waals surface area (Å²) in [5, 5.41) is 0. The van der Waals surface area contributed by atoms with E-state index in [9.17, 15) is 0 Å². The summed E-state index contributed by atoms with van der Waals surface area (Å²) in [5.74, 6) is 1.07. The average molecular weight is 308 g/mol. The number of hydrogen-bond acceptors (Lipinski definition) is 3. The highest BCUT2D eigenvalue weighted by atomic mass is 15.3. The van der Waals surface area contributed by atoms with E-state index in [1.165, 1.54) is 70.6 Å². The summed E-state index contributed by atoms with van der Waals surface area (Å²) in [7, 11) is 0.